The summed E-state index contributed by atoms with van der Waals surface area (Å²) in [5.74, 6) is -1.64. The summed E-state index contributed by atoms with van der Waals surface area (Å²) < 4.78 is 32.3. The highest BCUT2D eigenvalue weighted by molar-refractivity contribution is 6.56. The second-order valence-corrected chi connectivity index (χ2v) is 11.4. The van der Waals surface area contributed by atoms with Gasteiger partial charge in [0.25, 0.3) is 0 Å². The lowest BCUT2D eigenvalue weighted by molar-refractivity contribution is -0.136. The summed E-state index contributed by atoms with van der Waals surface area (Å²) in [6, 6.07) is 20.1. The van der Waals surface area contributed by atoms with Gasteiger partial charge in [0.1, 0.15) is 12.4 Å². The molecule has 0 spiro atoms. The number of fused-ring (bicyclic) bond motifs is 3. The Balaban J connectivity index is 1.35. The van der Waals surface area contributed by atoms with E-state index in [4.69, 9.17) is 14.0 Å². The van der Waals surface area contributed by atoms with Crippen molar-refractivity contribution in [2.75, 3.05) is 13.2 Å². The molecule has 1 amide bonds. The number of ether oxygens (including phenoxy) is 1. The number of rotatable bonds is 8. The maximum Gasteiger partial charge on any atom is 0.492 e. The molecule has 1 aliphatic heterocycles. The summed E-state index contributed by atoms with van der Waals surface area (Å²) in [4.78, 5) is 24.4. The number of carbonyl (C=O) groups is 2. The third-order valence-corrected chi connectivity index (χ3v) is 8.13. The summed E-state index contributed by atoms with van der Waals surface area (Å²) in [5.41, 5.74) is 4.45. The average molecular weight is 557 g/mol. The quantitative estimate of drug-likeness (QED) is 0.330. The monoisotopic (exact) mass is 557 g/mol. The van der Waals surface area contributed by atoms with Crippen LogP contribution in [0.4, 0.5) is 9.18 Å². The van der Waals surface area contributed by atoms with E-state index < -0.39 is 36.2 Å². The zero-order valence-corrected chi connectivity index (χ0v) is 23.6. The Morgan fingerprint density at radius 1 is 0.976 bits per heavy atom. The number of carbonyl (C=O) groups excluding carboxylic acids is 1. The van der Waals surface area contributed by atoms with Gasteiger partial charge in [-0.25, -0.2) is 9.18 Å². The van der Waals surface area contributed by atoms with Crippen molar-refractivity contribution >= 4 is 25.3 Å². The number of carboxylic acid groups (broad SMARTS) is 1. The normalized spacial score (nSPS) is 17.2. The maximum absolute atomic E-state index is 14.2. The molecule has 0 atom stereocenters. The number of nitrogens with one attached hydrogen (secondary N) is 1. The Morgan fingerprint density at radius 3 is 2.15 bits per heavy atom. The first-order valence-electron chi connectivity index (χ1n) is 13.6. The SMILES string of the molecule is CC1(C)OB(C(=Cc2cc(F)ccc2CC(=O)O)CNC(=O)OCC2c3ccccc3-c3ccccc32)OC1(C)C. The summed E-state index contributed by atoms with van der Waals surface area (Å²) in [7, 11) is -0.852. The molecule has 0 saturated carbocycles. The Labute approximate surface area is 239 Å². The summed E-state index contributed by atoms with van der Waals surface area (Å²) >= 11 is 0. The highest BCUT2D eigenvalue weighted by Crippen LogP contribution is 2.44. The van der Waals surface area contributed by atoms with Crippen LogP contribution in [0.5, 0.6) is 0 Å². The molecule has 212 valence electrons. The topological polar surface area (TPSA) is 94.1 Å². The van der Waals surface area contributed by atoms with Crippen molar-refractivity contribution in [3.8, 4) is 11.1 Å². The number of halogens is 1. The van der Waals surface area contributed by atoms with Gasteiger partial charge in [0.15, 0.2) is 0 Å². The smallest absolute Gasteiger partial charge is 0.481 e. The van der Waals surface area contributed by atoms with Gasteiger partial charge < -0.3 is 24.5 Å². The first-order chi connectivity index (χ1) is 19.4. The van der Waals surface area contributed by atoms with Crippen molar-refractivity contribution in [3.63, 3.8) is 0 Å². The van der Waals surface area contributed by atoms with Gasteiger partial charge in [0.05, 0.1) is 17.6 Å². The summed E-state index contributed by atoms with van der Waals surface area (Å²) in [6.45, 7) is 7.76. The predicted molar refractivity (Wildman–Crippen MR) is 155 cm³/mol. The van der Waals surface area contributed by atoms with E-state index in [1.54, 1.807) is 6.08 Å². The van der Waals surface area contributed by atoms with E-state index in [1.165, 1.54) is 18.2 Å². The zero-order chi connectivity index (χ0) is 29.4. The minimum Gasteiger partial charge on any atom is -0.481 e. The Kier molecular flexibility index (Phi) is 7.77. The molecule has 41 heavy (non-hydrogen) atoms. The Bertz CT molecular complexity index is 1460. The lowest BCUT2D eigenvalue weighted by Gasteiger charge is -2.32. The molecule has 0 bridgehead atoms. The van der Waals surface area contributed by atoms with Crippen molar-refractivity contribution in [1.29, 1.82) is 0 Å². The van der Waals surface area contributed by atoms with E-state index in [0.29, 0.717) is 16.6 Å². The Hall–Kier alpha value is -3.95. The van der Waals surface area contributed by atoms with E-state index in [2.05, 4.69) is 17.4 Å². The van der Waals surface area contributed by atoms with Gasteiger partial charge in [0, 0.05) is 12.5 Å². The molecule has 5 rings (SSSR count). The molecule has 1 saturated heterocycles. The largest absolute Gasteiger partial charge is 0.492 e. The number of hydrogen-bond donors (Lipinski definition) is 2. The number of alkyl carbamates (subject to hydrolysis) is 1. The van der Waals surface area contributed by atoms with Crippen LogP contribution in [0.3, 0.4) is 0 Å². The molecule has 2 N–H and O–H groups in total. The van der Waals surface area contributed by atoms with Crippen molar-refractivity contribution < 1.29 is 33.1 Å². The first kappa shape index (κ1) is 28.6. The van der Waals surface area contributed by atoms with Crippen LogP contribution in [0.2, 0.25) is 0 Å². The molecule has 1 fully saturated rings. The van der Waals surface area contributed by atoms with Crippen LogP contribution in [0.15, 0.2) is 72.2 Å². The maximum atomic E-state index is 14.2. The molecule has 1 aliphatic carbocycles. The number of carboxylic acids is 1. The van der Waals surface area contributed by atoms with Crippen molar-refractivity contribution in [1.82, 2.24) is 5.32 Å². The van der Waals surface area contributed by atoms with E-state index in [0.717, 1.165) is 22.3 Å². The molecule has 2 aliphatic rings. The fourth-order valence-electron chi connectivity index (χ4n) is 5.24. The lowest BCUT2D eigenvalue weighted by Crippen LogP contribution is -2.41. The number of benzene rings is 3. The second kappa shape index (κ2) is 11.1. The molecule has 0 unspecified atom stereocenters. The third-order valence-electron chi connectivity index (χ3n) is 8.13. The number of hydrogen-bond acceptors (Lipinski definition) is 5. The zero-order valence-electron chi connectivity index (χ0n) is 23.6. The van der Waals surface area contributed by atoms with E-state index in [9.17, 15) is 19.1 Å². The van der Waals surface area contributed by atoms with Crippen LogP contribution in [-0.2, 0) is 25.3 Å². The van der Waals surface area contributed by atoms with Crippen LogP contribution in [0, 0.1) is 5.82 Å². The van der Waals surface area contributed by atoms with Gasteiger partial charge in [-0.1, -0.05) is 60.7 Å². The third kappa shape index (κ3) is 5.92. The molecule has 0 radical (unpaired) electrons. The fraction of sp³-hybridized carbons (Fsp3) is 0.312. The molecule has 0 aromatic heterocycles. The van der Waals surface area contributed by atoms with Gasteiger partial charge >= 0.3 is 19.2 Å². The van der Waals surface area contributed by atoms with Gasteiger partial charge in [0.2, 0.25) is 0 Å². The number of amides is 1. The number of aliphatic carboxylic acids is 1. The van der Waals surface area contributed by atoms with Crippen molar-refractivity contribution in [2.45, 2.75) is 51.2 Å². The van der Waals surface area contributed by atoms with Gasteiger partial charge in [-0.05, 0) is 78.7 Å². The van der Waals surface area contributed by atoms with E-state index >= 15 is 0 Å². The molecule has 7 nitrogen and oxygen atoms in total. The minimum atomic E-state index is -1.04. The highest BCUT2D eigenvalue weighted by Gasteiger charge is 2.52. The minimum absolute atomic E-state index is 0.0173. The fourth-order valence-corrected chi connectivity index (χ4v) is 5.24. The molecule has 3 aromatic rings. The molecular weight excluding hydrogens is 524 g/mol. The lowest BCUT2D eigenvalue weighted by atomic mass is 9.76. The average Bonchev–Trinajstić information content (AvgIpc) is 3.35. The summed E-state index contributed by atoms with van der Waals surface area (Å²) in [6.07, 6.45) is 0.704. The van der Waals surface area contributed by atoms with Crippen LogP contribution < -0.4 is 5.32 Å². The van der Waals surface area contributed by atoms with Gasteiger partial charge in [-0.2, -0.15) is 0 Å². The van der Waals surface area contributed by atoms with Crippen molar-refractivity contribution in [3.05, 3.63) is 100 Å². The van der Waals surface area contributed by atoms with Crippen LogP contribution >= 0.6 is 0 Å². The van der Waals surface area contributed by atoms with Crippen LogP contribution in [-0.4, -0.2) is 48.6 Å². The summed E-state index contributed by atoms with van der Waals surface area (Å²) in [5, 5.41) is 12.1. The predicted octanol–water partition coefficient (Wildman–Crippen LogP) is 6.01. The van der Waals surface area contributed by atoms with E-state index in [-0.39, 0.29) is 25.5 Å². The molecule has 1 heterocycles. The van der Waals surface area contributed by atoms with Crippen molar-refractivity contribution in [2.24, 2.45) is 0 Å². The molecule has 3 aromatic carbocycles. The van der Waals surface area contributed by atoms with Gasteiger partial charge in [-0.3, -0.25) is 4.79 Å². The Morgan fingerprint density at radius 2 is 1.56 bits per heavy atom. The van der Waals surface area contributed by atoms with Crippen LogP contribution in [0.1, 0.15) is 55.9 Å². The standard InChI is InChI=1S/C32H33BFNO6/c1-31(2)32(3,4)41-33(40-31)22(15-21-16-23(34)14-13-20(21)17-29(36)37)18-35-30(38)39-19-28-26-11-7-5-9-24(26)25-10-6-8-12-27(25)28/h5-16,28H,17-19H2,1-4H3,(H,35,38)(H,36,37). The molecular formula is C32H33BFNO6. The first-order valence-corrected chi connectivity index (χ1v) is 13.6. The van der Waals surface area contributed by atoms with Crippen LogP contribution in [0.25, 0.3) is 17.2 Å². The highest BCUT2D eigenvalue weighted by atomic mass is 19.1. The van der Waals surface area contributed by atoms with Gasteiger partial charge in [-0.15, -0.1) is 0 Å². The van der Waals surface area contributed by atoms with E-state index in [1.807, 2.05) is 64.1 Å². The molecule has 9 heteroatoms. The second-order valence-electron chi connectivity index (χ2n) is 11.4.